The molecule has 482 valence electrons. The molecule has 0 radical (unpaired) electrons. The standard InChI is InChI=1S/C75H131N2O6P/c1-6-8-10-12-14-16-18-20-22-24-26-28-30-32-34-35-36-37-38-39-40-41-43-45-47-49-51-53-55-57-59-61-63-65-67-69-75(79)76-73(72-83-84(80,81)82-71-70-77(3,4)5)74(78)68-66-64-62-60-58-56-54-52-50-48-46-44-42-33-31-29-27-25-23-21-19-17-15-13-11-9-7-2/h8,10,14,16,20,22,26,28,32,34,36-37,39-40,43,45,49,51,55,57,66,68,73-74,78H,6-7,9,11-13,15,17-19,21,23-25,27,29-31,33,35,38,41-42,44,46-48,50,52-54,56,58-65,67,69-72H2,1-5H3,(H-,76,79,80,81)/b10-8-,16-14-,22-20-,28-26-,34-32-,37-36-,40-39-,45-43-,51-49-,57-55-,68-66+. The van der Waals surface area contributed by atoms with E-state index in [0.717, 1.165) is 116 Å². The Labute approximate surface area is 519 Å². The Kier molecular flexibility index (Phi) is 61.6. The summed E-state index contributed by atoms with van der Waals surface area (Å²) in [5, 5.41) is 13.9. The molecule has 84 heavy (non-hydrogen) atoms. The van der Waals surface area contributed by atoms with Gasteiger partial charge in [0.2, 0.25) is 5.91 Å². The molecule has 9 heteroatoms. The molecule has 3 atom stereocenters. The largest absolute Gasteiger partial charge is 0.756 e. The lowest BCUT2D eigenvalue weighted by atomic mass is 10.0. The smallest absolute Gasteiger partial charge is 0.268 e. The molecule has 2 N–H and O–H groups in total. The quantitative estimate of drug-likeness (QED) is 0.0272. The number of hydrogen-bond acceptors (Lipinski definition) is 6. The Morgan fingerprint density at radius 3 is 1.06 bits per heavy atom. The maximum atomic E-state index is 13.0. The Bertz CT molecular complexity index is 1830. The summed E-state index contributed by atoms with van der Waals surface area (Å²) >= 11 is 0. The van der Waals surface area contributed by atoms with Gasteiger partial charge in [0, 0.05) is 6.42 Å². The number of rotatable bonds is 62. The molecule has 0 aromatic heterocycles. The van der Waals surface area contributed by atoms with E-state index in [1.807, 2.05) is 27.2 Å². The molecule has 0 aliphatic carbocycles. The first-order chi connectivity index (χ1) is 41.0. The van der Waals surface area contributed by atoms with Crippen LogP contribution in [0.5, 0.6) is 0 Å². The highest BCUT2D eigenvalue weighted by atomic mass is 31.2. The number of nitrogens with zero attached hydrogens (tertiary/aromatic N) is 1. The lowest BCUT2D eigenvalue weighted by molar-refractivity contribution is -0.870. The summed E-state index contributed by atoms with van der Waals surface area (Å²) in [7, 11) is 1.23. The number of hydrogen-bond donors (Lipinski definition) is 2. The van der Waals surface area contributed by atoms with E-state index < -0.39 is 26.6 Å². The molecule has 0 spiro atoms. The molecular weight excluding hydrogens is 1060 g/mol. The highest BCUT2D eigenvalue weighted by Crippen LogP contribution is 2.38. The minimum Gasteiger partial charge on any atom is -0.756 e. The molecule has 0 saturated heterocycles. The van der Waals surface area contributed by atoms with Crippen molar-refractivity contribution in [1.29, 1.82) is 0 Å². The van der Waals surface area contributed by atoms with Gasteiger partial charge in [0.1, 0.15) is 13.2 Å². The van der Waals surface area contributed by atoms with Gasteiger partial charge in [-0.3, -0.25) is 9.36 Å². The van der Waals surface area contributed by atoms with Crippen LogP contribution in [0, 0.1) is 0 Å². The zero-order chi connectivity index (χ0) is 61.2. The maximum absolute atomic E-state index is 13.0. The molecule has 8 nitrogen and oxygen atoms in total. The van der Waals surface area contributed by atoms with Crippen molar-refractivity contribution in [3.05, 3.63) is 134 Å². The molecule has 0 aliphatic heterocycles. The van der Waals surface area contributed by atoms with Gasteiger partial charge in [-0.05, 0) is 96.3 Å². The number of carbonyl (C=O) groups excluding carboxylic acids is 1. The van der Waals surface area contributed by atoms with Crippen molar-refractivity contribution in [1.82, 2.24) is 5.32 Å². The fourth-order valence-corrected chi connectivity index (χ4v) is 10.3. The summed E-state index contributed by atoms with van der Waals surface area (Å²) in [5.74, 6) is -0.224. The lowest BCUT2D eigenvalue weighted by Crippen LogP contribution is -2.45. The first-order valence-corrected chi connectivity index (χ1v) is 36.0. The summed E-state index contributed by atoms with van der Waals surface area (Å²) in [6, 6.07) is -0.912. The molecule has 0 aromatic rings. The molecular formula is C75H131N2O6P. The van der Waals surface area contributed by atoms with Gasteiger partial charge in [0.05, 0.1) is 39.9 Å². The molecule has 0 heterocycles. The summed E-state index contributed by atoms with van der Waals surface area (Å²) in [6.07, 6.45) is 97.0. The fraction of sp³-hybridized carbons (Fsp3) is 0.693. The zero-order valence-electron chi connectivity index (χ0n) is 55.1. The maximum Gasteiger partial charge on any atom is 0.268 e. The van der Waals surface area contributed by atoms with Crippen molar-refractivity contribution in [3.8, 4) is 0 Å². The van der Waals surface area contributed by atoms with Gasteiger partial charge < -0.3 is 28.8 Å². The average molecular weight is 1190 g/mol. The monoisotopic (exact) mass is 1190 g/mol. The third kappa shape index (κ3) is 66.2. The second-order valence-corrected chi connectivity index (χ2v) is 25.6. The van der Waals surface area contributed by atoms with Crippen LogP contribution < -0.4 is 10.2 Å². The SMILES string of the molecule is CC/C=C\C/C=C\C/C=C\C/C=C\C/C=C\C/C=C\C/C=C\C/C=C\C/C=C\C/C=C\CCCCCCC(=O)NC(COP(=O)([O-])OCC[N+](C)(C)C)C(O)/C=C/CCCCCCCCCCCCCCCCCCCCCCCCCCC. The number of phosphoric acid groups is 1. The van der Waals surface area contributed by atoms with E-state index in [1.54, 1.807) is 6.08 Å². The number of likely N-dealkylation sites (N-methyl/N-ethyl adjacent to an activating group) is 1. The van der Waals surface area contributed by atoms with Crippen molar-refractivity contribution < 1.29 is 32.9 Å². The molecule has 0 rings (SSSR count). The minimum atomic E-state index is -4.62. The van der Waals surface area contributed by atoms with Crippen molar-refractivity contribution in [2.24, 2.45) is 0 Å². The second kappa shape index (κ2) is 64.1. The van der Waals surface area contributed by atoms with Crippen molar-refractivity contribution >= 4 is 13.7 Å². The third-order valence-electron chi connectivity index (χ3n) is 14.9. The van der Waals surface area contributed by atoms with Gasteiger partial charge in [0.15, 0.2) is 0 Å². The van der Waals surface area contributed by atoms with Gasteiger partial charge in [-0.2, -0.15) is 0 Å². The number of carbonyl (C=O) groups is 1. The van der Waals surface area contributed by atoms with Crippen LogP contribution in [-0.2, 0) is 18.4 Å². The Balaban J connectivity index is 4.22. The normalized spacial score (nSPS) is 14.5. The van der Waals surface area contributed by atoms with Gasteiger partial charge in [-0.25, -0.2) is 0 Å². The van der Waals surface area contributed by atoms with Crippen molar-refractivity contribution in [3.63, 3.8) is 0 Å². The van der Waals surface area contributed by atoms with E-state index in [2.05, 4.69) is 141 Å². The first kappa shape index (κ1) is 80.6. The molecule has 3 unspecified atom stereocenters. The van der Waals surface area contributed by atoms with Gasteiger partial charge in [-0.15, -0.1) is 0 Å². The molecule has 0 fully saturated rings. The number of nitrogens with one attached hydrogen (secondary N) is 1. The van der Waals surface area contributed by atoms with Crippen LogP contribution in [0.3, 0.4) is 0 Å². The predicted molar refractivity (Wildman–Crippen MR) is 366 cm³/mol. The van der Waals surface area contributed by atoms with E-state index in [4.69, 9.17) is 9.05 Å². The van der Waals surface area contributed by atoms with Crippen LogP contribution in [0.4, 0.5) is 0 Å². The third-order valence-corrected chi connectivity index (χ3v) is 15.8. The van der Waals surface area contributed by atoms with Crippen molar-refractivity contribution in [2.45, 2.75) is 296 Å². The van der Waals surface area contributed by atoms with Crippen molar-refractivity contribution in [2.75, 3.05) is 40.9 Å². The summed E-state index contributed by atoms with van der Waals surface area (Å²) in [6.45, 7) is 4.53. The Hall–Kier alpha value is -3.36. The van der Waals surface area contributed by atoms with Gasteiger partial charge in [0.25, 0.3) is 7.82 Å². The molecule has 0 aliphatic rings. The Morgan fingerprint density at radius 1 is 0.429 bits per heavy atom. The number of phosphoric ester groups is 1. The highest BCUT2D eigenvalue weighted by molar-refractivity contribution is 7.45. The zero-order valence-corrected chi connectivity index (χ0v) is 56.0. The van der Waals surface area contributed by atoms with Gasteiger partial charge >= 0.3 is 0 Å². The topological polar surface area (TPSA) is 108 Å². The van der Waals surface area contributed by atoms with Crippen LogP contribution in [0.1, 0.15) is 284 Å². The fourth-order valence-electron chi connectivity index (χ4n) is 9.54. The van der Waals surface area contributed by atoms with Crippen LogP contribution in [0.2, 0.25) is 0 Å². The minimum absolute atomic E-state index is 0.0131. The van der Waals surface area contributed by atoms with Crippen LogP contribution in [-0.4, -0.2) is 68.5 Å². The number of quaternary nitrogens is 1. The molecule has 0 saturated carbocycles. The lowest BCUT2D eigenvalue weighted by Gasteiger charge is -2.29. The number of allylic oxidation sites excluding steroid dienone is 21. The number of aliphatic hydroxyl groups excluding tert-OH is 1. The highest BCUT2D eigenvalue weighted by Gasteiger charge is 2.23. The second-order valence-electron chi connectivity index (χ2n) is 24.2. The van der Waals surface area contributed by atoms with Crippen LogP contribution in [0.15, 0.2) is 134 Å². The molecule has 0 bridgehead atoms. The van der Waals surface area contributed by atoms with Crippen LogP contribution >= 0.6 is 7.82 Å². The van der Waals surface area contributed by atoms with E-state index in [-0.39, 0.29) is 12.5 Å². The van der Waals surface area contributed by atoms with Gasteiger partial charge in [-0.1, -0.05) is 314 Å². The number of aliphatic hydroxyl groups is 1. The predicted octanol–water partition coefficient (Wildman–Crippen LogP) is 21.6. The number of amides is 1. The summed E-state index contributed by atoms with van der Waals surface area (Å²) in [5.41, 5.74) is 0. The van der Waals surface area contributed by atoms with Crippen LogP contribution in [0.25, 0.3) is 0 Å². The van der Waals surface area contributed by atoms with E-state index in [9.17, 15) is 19.4 Å². The molecule has 1 amide bonds. The molecule has 0 aromatic carbocycles. The first-order valence-electron chi connectivity index (χ1n) is 34.5. The summed E-state index contributed by atoms with van der Waals surface area (Å²) < 4.78 is 23.4. The summed E-state index contributed by atoms with van der Waals surface area (Å²) in [4.78, 5) is 25.6. The van der Waals surface area contributed by atoms with E-state index in [0.29, 0.717) is 17.4 Å². The average Bonchev–Trinajstić information content (AvgIpc) is 3.56. The van der Waals surface area contributed by atoms with E-state index >= 15 is 0 Å². The van der Waals surface area contributed by atoms with E-state index in [1.165, 1.54) is 148 Å². The Morgan fingerprint density at radius 2 is 0.726 bits per heavy atom. The number of unbranched alkanes of at least 4 members (excludes halogenated alkanes) is 29.